The monoisotopic (exact) mass is 303 g/mol. The minimum absolute atomic E-state index is 0.0128. The summed E-state index contributed by atoms with van der Waals surface area (Å²) >= 11 is 0. The Bertz CT molecular complexity index is 653. The SMILES string of the molecule is CC(C)CNC(=O)[C@H]1CCCN(c2ccc3nnnn3n2)C1. The molecule has 118 valence electrons. The maximum Gasteiger partial charge on any atom is 0.224 e. The lowest BCUT2D eigenvalue weighted by atomic mass is 9.97. The third-order valence-corrected chi connectivity index (χ3v) is 3.86. The Morgan fingerprint density at radius 2 is 2.32 bits per heavy atom. The van der Waals surface area contributed by atoms with E-state index in [9.17, 15) is 4.79 Å². The van der Waals surface area contributed by atoms with Crippen LogP contribution in [0, 0.1) is 11.8 Å². The van der Waals surface area contributed by atoms with Crippen molar-refractivity contribution in [2.75, 3.05) is 24.5 Å². The first-order valence-corrected chi connectivity index (χ1v) is 7.71. The van der Waals surface area contributed by atoms with Gasteiger partial charge in [-0.15, -0.1) is 14.8 Å². The van der Waals surface area contributed by atoms with Crippen LogP contribution >= 0.6 is 0 Å². The zero-order valence-corrected chi connectivity index (χ0v) is 12.9. The third kappa shape index (κ3) is 3.15. The maximum absolute atomic E-state index is 12.3. The van der Waals surface area contributed by atoms with Gasteiger partial charge in [0.2, 0.25) is 5.91 Å². The molecule has 1 N–H and O–H groups in total. The lowest BCUT2D eigenvalue weighted by Crippen LogP contribution is -2.44. The number of carbonyl (C=O) groups excluding carboxylic acids is 1. The molecule has 0 unspecified atom stereocenters. The molecule has 0 spiro atoms. The number of hydrogen-bond acceptors (Lipinski definition) is 6. The van der Waals surface area contributed by atoms with Crippen LogP contribution in [0.15, 0.2) is 12.1 Å². The summed E-state index contributed by atoms with van der Waals surface area (Å²) in [6.07, 6.45) is 1.91. The molecule has 0 saturated carbocycles. The molecular weight excluding hydrogens is 282 g/mol. The van der Waals surface area contributed by atoms with Gasteiger partial charge in [0.1, 0.15) is 0 Å². The average molecular weight is 303 g/mol. The van der Waals surface area contributed by atoms with E-state index in [0.29, 0.717) is 18.1 Å². The Balaban J connectivity index is 1.68. The molecule has 1 aliphatic rings. The summed E-state index contributed by atoms with van der Waals surface area (Å²) < 4.78 is 1.41. The van der Waals surface area contributed by atoms with E-state index in [2.05, 4.69) is 44.7 Å². The highest BCUT2D eigenvalue weighted by atomic mass is 16.1. The quantitative estimate of drug-likeness (QED) is 0.885. The van der Waals surface area contributed by atoms with Crippen LogP contribution in [0.5, 0.6) is 0 Å². The molecule has 8 nitrogen and oxygen atoms in total. The summed E-state index contributed by atoms with van der Waals surface area (Å²) in [6, 6.07) is 3.74. The standard InChI is InChI=1S/C14H21N7O/c1-10(2)8-15-14(22)11-4-3-7-20(9-11)13-6-5-12-16-18-19-21(12)17-13/h5-6,10-11H,3-4,7-9H2,1-2H3,(H,15,22)/t11-/m0/s1. The molecular formula is C14H21N7O. The second-order valence-corrected chi connectivity index (χ2v) is 6.14. The zero-order chi connectivity index (χ0) is 15.5. The number of tetrazole rings is 1. The van der Waals surface area contributed by atoms with Crippen molar-refractivity contribution in [3.8, 4) is 0 Å². The predicted molar refractivity (Wildman–Crippen MR) is 81.4 cm³/mol. The second kappa shape index (κ2) is 6.25. The Labute approximate surface area is 128 Å². The summed E-state index contributed by atoms with van der Waals surface area (Å²) in [7, 11) is 0. The number of fused-ring (bicyclic) bond motifs is 1. The van der Waals surface area contributed by atoms with Gasteiger partial charge in [0, 0.05) is 19.6 Å². The second-order valence-electron chi connectivity index (χ2n) is 6.14. The highest BCUT2D eigenvalue weighted by Gasteiger charge is 2.26. The number of nitrogens with one attached hydrogen (secondary N) is 1. The molecule has 1 aliphatic heterocycles. The van der Waals surface area contributed by atoms with Crippen LogP contribution < -0.4 is 10.2 Å². The number of rotatable bonds is 4. The lowest BCUT2D eigenvalue weighted by molar-refractivity contribution is -0.125. The molecule has 0 aromatic carbocycles. The van der Waals surface area contributed by atoms with Gasteiger partial charge >= 0.3 is 0 Å². The molecule has 2 aromatic rings. The van der Waals surface area contributed by atoms with Crippen LogP contribution in [0.1, 0.15) is 26.7 Å². The van der Waals surface area contributed by atoms with Gasteiger partial charge in [-0.1, -0.05) is 13.8 Å². The Morgan fingerprint density at radius 3 is 3.14 bits per heavy atom. The van der Waals surface area contributed by atoms with Crippen LogP contribution in [-0.2, 0) is 4.79 Å². The van der Waals surface area contributed by atoms with E-state index in [0.717, 1.165) is 31.7 Å². The number of amides is 1. The van der Waals surface area contributed by atoms with E-state index in [1.807, 2.05) is 12.1 Å². The van der Waals surface area contributed by atoms with E-state index in [1.165, 1.54) is 4.63 Å². The van der Waals surface area contributed by atoms with Crippen molar-refractivity contribution < 1.29 is 4.79 Å². The minimum atomic E-state index is 0.0128. The minimum Gasteiger partial charge on any atom is -0.356 e. The van der Waals surface area contributed by atoms with E-state index in [4.69, 9.17) is 0 Å². The fraction of sp³-hybridized carbons (Fsp3) is 0.643. The van der Waals surface area contributed by atoms with Gasteiger partial charge in [-0.3, -0.25) is 4.79 Å². The zero-order valence-electron chi connectivity index (χ0n) is 12.9. The van der Waals surface area contributed by atoms with Crippen LogP contribution in [0.2, 0.25) is 0 Å². The summed E-state index contributed by atoms with van der Waals surface area (Å²) in [6.45, 7) is 6.50. The number of anilines is 1. The average Bonchev–Trinajstić information content (AvgIpc) is 3.00. The van der Waals surface area contributed by atoms with Gasteiger partial charge in [0.25, 0.3) is 0 Å². The Kier molecular flexibility index (Phi) is 4.17. The van der Waals surface area contributed by atoms with Crippen molar-refractivity contribution in [1.29, 1.82) is 0 Å². The van der Waals surface area contributed by atoms with Crippen molar-refractivity contribution in [3.63, 3.8) is 0 Å². The van der Waals surface area contributed by atoms with E-state index in [-0.39, 0.29) is 11.8 Å². The van der Waals surface area contributed by atoms with Gasteiger partial charge in [-0.25, -0.2) is 0 Å². The molecule has 0 aliphatic carbocycles. The summed E-state index contributed by atoms with van der Waals surface area (Å²) in [4.78, 5) is 14.4. The van der Waals surface area contributed by atoms with Crippen LogP contribution in [-0.4, -0.2) is 50.8 Å². The Hall–Kier alpha value is -2.25. The Morgan fingerprint density at radius 1 is 1.45 bits per heavy atom. The molecule has 8 heteroatoms. The molecule has 1 saturated heterocycles. The first kappa shape index (κ1) is 14.7. The molecule has 1 amide bonds. The van der Waals surface area contributed by atoms with Gasteiger partial charge in [0.05, 0.1) is 5.92 Å². The number of nitrogens with zero attached hydrogens (tertiary/aromatic N) is 6. The lowest BCUT2D eigenvalue weighted by Gasteiger charge is -2.32. The number of hydrogen-bond donors (Lipinski definition) is 1. The molecule has 22 heavy (non-hydrogen) atoms. The summed E-state index contributed by atoms with van der Waals surface area (Å²) in [5.41, 5.74) is 0.618. The summed E-state index contributed by atoms with van der Waals surface area (Å²) in [5, 5.41) is 18.7. The van der Waals surface area contributed by atoms with E-state index < -0.39 is 0 Å². The highest BCUT2D eigenvalue weighted by molar-refractivity contribution is 5.79. The van der Waals surface area contributed by atoms with Crippen LogP contribution in [0.25, 0.3) is 5.65 Å². The van der Waals surface area contributed by atoms with Gasteiger partial charge < -0.3 is 10.2 Å². The predicted octanol–water partition coefficient (Wildman–Crippen LogP) is 0.508. The fourth-order valence-electron chi connectivity index (χ4n) is 2.66. The van der Waals surface area contributed by atoms with Crippen molar-refractivity contribution in [1.82, 2.24) is 30.6 Å². The van der Waals surface area contributed by atoms with Crippen LogP contribution in [0.3, 0.4) is 0 Å². The first-order chi connectivity index (χ1) is 10.6. The molecule has 3 rings (SSSR count). The maximum atomic E-state index is 12.3. The number of aromatic nitrogens is 5. The van der Waals surface area contributed by atoms with Crippen molar-refractivity contribution in [3.05, 3.63) is 12.1 Å². The smallest absolute Gasteiger partial charge is 0.224 e. The molecule has 3 heterocycles. The van der Waals surface area contributed by atoms with Crippen LogP contribution in [0.4, 0.5) is 5.82 Å². The fourth-order valence-corrected chi connectivity index (χ4v) is 2.66. The third-order valence-electron chi connectivity index (χ3n) is 3.86. The molecule has 2 aromatic heterocycles. The van der Waals surface area contributed by atoms with Gasteiger partial charge in [0.15, 0.2) is 11.5 Å². The number of piperidine rings is 1. The molecule has 0 bridgehead atoms. The molecule has 1 atom stereocenters. The van der Waals surface area contributed by atoms with Crippen molar-refractivity contribution >= 4 is 17.4 Å². The van der Waals surface area contributed by atoms with Crippen molar-refractivity contribution in [2.45, 2.75) is 26.7 Å². The largest absolute Gasteiger partial charge is 0.356 e. The van der Waals surface area contributed by atoms with E-state index >= 15 is 0 Å². The number of carbonyl (C=O) groups is 1. The normalized spacial score (nSPS) is 18.9. The first-order valence-electron chi connectivity index (χ1n) is 7.71. The molecule has 1 fully saturated rings. The summed E-state index contributed by atoms with van der Waals surface area (Å²) in [5.74, 6) is 1.43. The van der Waals surface area contributed by atoms with Gasteiger partial charge in [-0.2, -0.15) is 0 Å². The highest BCUT2D eigenvalue weighted by Crippen LogP contribution is 2.21. The van der Waals surface area contributed by atoms with E-state index in [1.54, 1.807) is 0 Å². The molecule has 0 radical (unpaired) electrons. The van der Waals surface area contributed by atoms with Crippen molar-refractivity contribution in [2.24, 2.45) is 11.8 Å². The topological polar surface area (TPSA) is 88.3 Å². The van der Waals surface area contributed by atoms with Gasteiger partial charge in [-0.05, 0) is 41.3 Å².